The summed E-state index contributed by atoms with van der Waals surface area (Å²) in [5.74, 6) is 0.776. The minimum atomic E-state index is 0.776. The second-order valence-corrected chi connectivity index (χ2v) is 5.84. The standard InChI is InChI=1S/C20H15NO.Al/c1-13-11-12-21-20-18(22)10-9-17(19(13)20)16-8-4-6-14-5-2-3-7-15(14)16;/h2-12,22H,1H3;/q;+1/p-1. The fourth-order valence-electron chi connectivity index (χ4n) is 3.19. The van der Waals surface area contributed by atoms with E-state index in [4.69, 9.17) is 3.79 Å². The largest absolute Gasteiger partial charge is 0.652 e. The average Bonchev–Trinajstić information content (AvgIpc) is 2.61. The van der Waals surface area contributed by atoms with E-state index in [0.29, 0.717) is 0 Å². The normalized spacial score (nSPS) is 11.0. The lowest BCUT2D eigenvalue weighted by Gasteiger charge is -2.14. The van der Waals surface area contributed by atoms with Crippen molar-refractivity contribution in [3.05, 3.63) is 72.4 Å². The molecular weight excluding hydrogens is 297 g/mol. The number of fused-ring (bicyclic) bond motifs is 2. The van der Waals surface area contributed by atoms with Gasteiger partial charge in [0.05, 0.1) is 0 Å². The van der Waals surface area contributed by atoms with Gasteiger partial charge in [0.25, 0.3) is 0 Å². The first-order valence-corrected chi connectivity index (χ1v) is 8.00. The molecule has 0 bridgehead atoms. The Morgan fingerprint density at radius 1 is 0.870 bits per heavy atom. The van der Waals surface area contributed by atoms with Gasteiger partial charge in [0.1, 0.15) is 11.3 Å². The Morgan fingerprint density at radius 2 is 1.70 bits per heavy atom. The van der Waals surface area contributed by atoms with E-state index in [0.717, 1.165) is 16.7 Å². The van der Waals surface area contributed by atoms with Crippen LogP contribution in [0, 0.1) is 6.92 Å². The molecule has 0 amide bonds. The van der Waals surface area contributed by atoms with Crippen LogP contribution >= 0.6 is 0 Å². The third-order valence-electron chi connectivity index (χ3n) is 4.27. The number of rotatable bonds is 2. The monoisotopic (exact) mass is 311 g/mol. The van der Waals surface area contributed by atoms with Crippen molar-refractivity contribution in [3.63, 3.8) is 0 Å². The number of nitrogens with zero attached hydrogens (tertiary/aromatic N) is 1. The molecule has 3 heteroatoms. The molecule has 3 aromatic carbocycles. The summed E-state index contributed by atoms with van der Waals surface area (Å²) in [5, 5.41) is 3.63. The summed E-state index contributed by atoms with van der Waals surface area (Å²) in [6.45, 7) is 2.12. The summed E-state index contributed by atoms with van der Waals surface area (Å²) in [5.41, 5.74) is 4.50. The maximum Gasteiger partial charge on any atom is 0.482 e. The van der Waals surface area contributed by atoms with E-state index in [1.54, 1.807) is 0 Å². The lowest BCUT2D eigenvalue weighted by atomic mass is 9.93. The van der Waals surface area contributed by atoms with Crippen molar-refractivity contribution >= 4 is 38.3 Å². The van der Waals surface area contributed by atoms with Gasteiger partial charge in [0.2, 0.25) is 0 Å². The highest BCUT2D eigenvalue weighted by molar-refractivity contribution is 6.08. The molecule has 108 valence electrons. The molecule has 0 unspecified atom stereocenters. The van der Waals surface area contributed by atoms with Gasteiger partial charge in [-0.2, -0.15) is 0 Å². The minimum absolute atomic E-state index is 0.776. The third-order valence-corrected chi connectivity index (χ3v) is 4.52. The Hall–Kier alpha value is -2.34. The van der Waals surface area contributed by atoms with E-state index >= 15 is 0 Å². The van der Waals surface area contributed by atoms with Gasteiger partial charge in [-0.3, -0.25) is 4.98 Å². The molecule has 4 aromatic rings. The Balaban J connectivity index is 2.14. The molecule has 4 rings (SSSR count). The lowest BCUT2D eigenvalue weighted by molar-refractivity contribution is 0.622. The summed E-state index contributed by atoms with van der Waals surface area (Å²) in [6.07, 6.45) is 1.83. The zero-order valence-corrected chi connectivity index (χ0v) is 13.9. The topological polar surface area (TPSA) is 22.1 Å². The van der Waals surface area contributed by atoms with Crippen molar-refractivity contribution in [3.8, 4) is 16.9 Å². The van der Waals surface area contributed by atoms with Crippen molar-refractivity contribution in [1.82, 2.24) is 4.98 Å². The molecule has 23 heavy (non-hydrogen) atoms. The van der Waals surface area contributed by atoms with E-state index < -0.39 is 0 Å². The first-order chi connectivity index (χ1) is 11.3. The maximum atomic E-state index is 5.41. The summed E-state index contributed by atoms with van der Waals surface area (Å²) < 4.78 is 5.41. The SMILES string of the molecule is Cc1ccnc2c([O][Al])ccc(-c3cccc4ccccc34)c12. The quantitative estimate of drug-likeness (QED) is 0.495. The van der Waals surface area contributed by atoms with Crippen molar-refractivity contribution in [2.45, 2.75) is 6.92 Å². The molecule has 0 fully saturated rings. The predicted molar refractivity (Wildman–Crippen MR) is 95.8 cm³/mol. The predicted octanol–water partition coefficient (Wildman–Crippen LogP) is 4.83. The van der Waals surface area contributed by atoms with Crippen LogP contribution in [0.4, 0.5) is 0 Å². The summed E-state index contributed by atoms with van der Waals surface area (Å²) in [4.78, 5) is 4.54. The van der Waals surface area contributed by atoms with Gasteiger partial charge in [-0.15, -0.1) is 0 Å². The number of aromatic nitrogens is 1. The fraction of sp³-hybridized carbons (Fsp3) is 0.0500. The molecule has 0 atom stereocenters. The highest BCUT2D eigenvalue weighted by atomic mass is 27.1. The molecular formula is C20H14AlNO. The molecule has 1 heterocycles. The molecule has 2 nitrogen and oxygen atoms in total. The Labute approximate surface area is 143 Å². The van der Waals surface area contributed by atoms with E-state index in [2.05, 4.69) is 77.1 Å². The van der Waals surface area contributed by atoms with Crippen molar-refractivity contribution < 1.29 is 3.79 Å². The zero-order chi connectivity index (χ0) is 15.8. The Kier molecular flexibility index (Phi) is 3.54. The molecule has 0 aliphatic heterocycles. The molecule has 0 saturated carbocycles. The average molecular weight is 311 g/mol. The van der Waals surface area contributed by atoms with Crippen LogP contribution in [0.25, 0.3) is 32.8 Å². The second kappa shape index (κ2) is 5.70. The number of pyridine rings is 1. The van der Waals surface area contributed by atoms with E-state index in [9.17, 15) is 0 Å². The van der Waals surface area contributed by atoms with Crippen LogP contribution in [0.1, 0.15) is 5.56 Å². The van der Waals surface area contributed by atoms with Gasteiger partial charge < -0.3 is 3.79 Å². The Bertz CT molecular complexity index is 1020. The van der Waals surface area contributed by atoms with Gasteiger partial charge >= 0.3 is 16.6 Å². The van der Waals surface area contributed by atoms with Crippen LogP contribution in [-0.4, -0.2) is 21.6 Å². The highest BCUT2D eigenvalue weighted by Crippen LogP contribution is 2.37. The number of benzene rings is 3. The molecule has 0 aliphatic carbocycles. The molecule has 0 aliphatic rings. The van der Waals surface area contributed by atoms with Gasteiger partial charge in [-0.25, -0.2) is 0 Å². The summed E-state index contributed by atoms with van der Waals surface area (Å²) in [6, 6.07) is 21.0. The smallest absolute Gasteiger partial charge is 0.482 e. The van der Waals surface area contributed by atoms with Crippen molar-refractivity contribution in [2.75, 3.05) is 0 Å². The van der Waals surface area contributed by atoms with E-state index in [1.165, 1.54) is 27.5 Å². The van der Waals surface area contributed by atoms with Crippen LogP contribution in [0.3, 0.4) is 0 Å². The molecule has 0 N–H and O–H groups in total. The van der Waals surface area contributed by atoms with Gasteiger partial charge in [0, 0.05) is 11.6 Å². The van der Waals surface area contributed by atoms with Gasteiger partial charge in [0.15, 0.2) is 0 Å². The minimum Gasteiger partial charge on any atom is -0.652 e. The van der Waals surface area contributed by atoms with Crippen molar-refractivity contribution in [2.24, 2.45) is 0 Å². The van der Waals surface area contributed by atoms with E-state index in [1.807, 2.05) is 18.3 Å². The van der Waals surface area contributed by atoms with Gasteiger partial charge in [-0.1, -0.05) is 48.5 Å². The summed E-state index contributed by atoms with van der Waals surface area (Å²) >= 11 is 2.31. The molecule has 1 aromatic heterocycles. The Morgan fingerprint density at radius 3 is 2.57 bits per heavy atom. The summed E-state index contributed by atoms with van der Waals surface area (Å²) in [7, 11) is 0. The maximum absolute atomic E-state index is 5.41. The lowest BCUT2D eigenvalue weighted by Crippen LogP contribution is -1.93. The fourth-order valence-corrected chi connectivity index (χ4v) is 3.38. The van der Waals surface area contributed by atoms with E-state index in [-0.39, 0.29) is 0 Å². The number of aryl methyl sites for hydroxylation is 1. The van der Waals surface area contributed by atoms with Crippen molar-refractivity contribution in [1.29, 1.82) is 0 Å². The zero-order valence-electron chi connectivity index (χ0n) is 12.8. The highest BCUT2D eigenvalue weighted by Gasteiger charge is 2.12. The third kappa shape index (κ3) is 2.30. The number of hydrogen-bond donors (Lipinski definition) is 0. The first-order valence-electron chi connectivity index (χ1n) is 7.53. The van der Waals surface area contributed by atoms with Crippen LogP contribution in [0.2, 0.25) is 0 Å². The second-order valence-electron chi connectivity index (χ2n) is 5.61. The van der Waals surface area contributed by atoms with Crippen LogP contribution in [0.15, 0.2) is 66.9 Å². The molecule has 0 spiro atoms. The number of hydrogen-bond acceptors (Lipinski definition) is 2. The molecule has 0 saturated heterocycles. The van der Waals surface area contributed by atoms with Crippen LogP contribution in [-0.2, 0) is 0 Å². The van der Waals surface area contributed by atoms with Gasteiger partial charge in [-0.05, 0) is 46.5 Å². The molecule has 2 radical (unpaired) electrons. The first kappa shape index (κ1) is 14.3. The van der Waals surface area contributed by atoms with Crippen LogP contribution < -0.4 is 3.79 Å². The van der Waals surface area contributed by atoms with Crippen LogP contribution in [0.5, 0.6) is 5.75 Å².